The quantitative estimate of drug-likeness (QED) is 0.863. The predicted molar refractivity (Wildman–Crippen MR) is 67.2 cm³/mol. The third-order valence-corrected chi connectivity index (χ3v) is 2.89. The Hall–Kier alpha value is -1.68. The number of rotatable bonds is 2. The average molecular weight is 253 g/mol. The van der Waals surface area contributed by atoms with Gasteiger partial charge in [0.15, 0.2) is 0 Å². The van der Waals surface area contributed by atoms with Crippen LogP contribution in [0.3, 0.4) is 0 Å². The molecule has 5 heteroatoms. The van der Waals surface area contributed by atoms with Gasteiger partial charge in [-0.2, -0.15) is 0 Å². The maximum Gasteiger partial charge on any atom is 0.333 e. The van der Waals surface area contributed by atoms with Gasteiger partial charge in [-0.05, 0) is 18.1 Å². The van der Waals surface area contributed by atoms with Crippen LogP contribution in [0.4, 0.5) is 0 Å². The molecule has 1 aromatic carbocycles. The fourth-order valence-electron chi connectivity index (χ4n) is 1.70. The van der Waals surface area contributed by atoms with E-state index < -0.39 is 0 Å². The highest BCUT2D eigenvalue weighted by molar-refractivity contribution is 6.32. The summed E-state index contributed by atoms with van der Waals surface area (Å²) in [5.74, 6) is -0.0514. The highest BCUT2D eigenvalue weighted by Gasteiger charge is 2.17. The van der Waals surface area contributed by atoms with E-state index >= 15 is 0 Å². The molecule has 0 fully saturated rings. The number of imidazole rings is 1. The first-order chi connectivity index (χ1) is 8.02. The lowest BCUT2D eigenvalue weighted by Gasteiger charge is -2.06. The van der Waals surface area contributed by atoms with Crippen LogP contribution in [0.25, 0.3) is 5.69 Å². The van der Waals surface area contributed by atoms with Gasteiger partial charge in [-0.3, -0.25) is 0 Å². The van der Waals surface area contributed by atoms with Crippen molar-refractivity contribution in [2.24, 2.45) is 0 Å². The van der Waals surface area contributed by atoms with Crippen LogP contribution in [0.5, 0.6) is 5.88 Å². The number of nitrogens with zero attached hydrogens (tertiary/aromatic N) is 1. The Kier molecular flexibility index (Phi) is 2.98. The summed E-state index contributed by atoms with van der Waals surface area (Å²) < 4.78 is 1.18. The zero-order chi connectivity index (χ0) is 12.6. The number of halogens is 1. The summed E-state index contributed by atoms with van der Waals surface area (Å²) in [6, 6.07) is 6.88. The Morgan fingerprint density at radius 2 is 2.00 bits per heavy atom. The van der Waals surface area contributed by atoms with E-state index in [1.807, 2.05) is 13.8 Å². The van der Waals surface area contributed by atoms with E-state index in [1.54, 1.807) is 24.3 Å². The molecule has 0 aliphatic carbocycles. The molecule has 0 aliphatic heterocycles. The summed E-state index contributed by atoms with van der Waals surface area (Å²) in [6.07, 6.45) is 0. The molecule has 0 bridgehead atoms. The number of hydrogen-bond donors (Lipinski definition) is 2. The van der Waals surface area contributed by atoms with Crippen LogP contribution in [0.1, 0.15) is 25.5 Å². The van der Waals surface area contributed by atoms with Crippen molar-refractivity contribution >= 4 is 11.6 Å². The molecule has 0 atom stereocenters. The molecule has 0 spiro atoms. The van der Waals surface area contributed by atoms with Crippen LogP contribution in [-0.2, 0) is 0 Å². The van der Waals surface area contributed by atoms with Gasteiger partial charge in [0.25, 0.3) is 0 Å². The van der Waals surface area contributed by atoms with Crippen molar-refractivity contribution in [1.29, 1.82) is 0 Å². The van der Waals surface area contributed by atoms with Crippen LogP contribution in [0, 0.1) is 0 Å². The summed E-state index contributed by atoms with van der Waals surface area (Å²) in [7, 11) is 0. The number of nitrogens with one attached hydrogen (secondary N) is 1. The van der Waals surface area contributed by atoms with Crippen LogP contribution in [-0.4, -0.2) is 14.7 Å². The van der Waals surface area contributed by atoms with Crippen molar-refractivity contribution < 1.29 is 5.11 Å². The molecule has 0 saturated heterocycles. The largest absolute Gasteiger partial charge is 0.493 e. The van der Waals surface area contributed by atoms with Crippen LogP contribution in [0.2, 0.25) is 5.02 Å². The van der Waals surface area contributed by atoms with E-state index in [9.17, 15) is 9.90 Å². The second-order valence-electron chi connectivity index (χ2n) is 4.11. The molecule has 0 unspecified atom stereocenters. The van der Waals surface area contributed by atoms with Gasteiger partial charge < -0.3 is 10.1 Å². The lowest BCUT2D eigenvalue weighted by atomic mass is 10.1. The number of aromatic amines is 1. The summed E-state index contributed by atoms with van der Waals surface area (Å²) >= 11 is 6.01. The molecule has 4 nitrogen and oxygen atoms in total. The Morgan fingerprint density at radius 3 is 2.53 bits per heavy atom. The first-order valence-electron chi connectivity index (χ1n) is 5.31. The van der Waals surface area contributed by atoms with Gasteiger partial charge in [-0.25, -0.2) is 9.36 Å². The van der Waals surface area contributed by atoms with Crippen LogP contribution in [0.15, 0.2) is 29.1 Å². The Morgan fingerprint density at radius 1 is 1.35 bits per heavy atom. The smallest absolute Gasteiger partial charge is 0.333 e. The fraction of sp³-hybridized carbons (Fsp3) is 0.250. The van der Waals surface area contributed by atoms with Crippen LogP contribution >= 0.6 is 11.6 Å². The molecule has 0 saturated carbocycles. The number of H-pyrrole nitrogens is 1. The summed E-state index contributed by atoms with van der Waals surface area (Å²) in [4.78, 5) is 14.4. The molecular weight excluding hydrogens is 240 g/mol. The Balaban J connectivity index is 2.69. The number of aromatic hydroxyl groups is 1. The number of aromatic nitrogens is 2. The second kappa shape index (κ2) is 4.30. The van der Waals surface area contributed by atoms with Crippen molar-refractivity contribution in [3.8, 4) is 11.6 Å². The van der Waals surface area contributed by atoms with Crippen LogP contribution < -0.4 is 5.69 Å². The summed E-state index contributed by atoms with van der Waals surface area (Å²) in [5.41, 5.74) is 0.592. The molecule has 1 aromatic heterocycles. The molecule has 17 heavy (non-hydrogen) atoms. The lowest BCUT2D eigenvalue weighted by Crippen LogP contribution is -2.14. The van der Waals surface area contributed by atoms with Crippen molar-refractivity contribution in [2.45, 2.75) is 19.8 Å². The third kappa shape index (κ3) is 1.96. The summed E-state index contributed by atoms with van der Waals surface area (Å²) in [5, 5.41) is 10.4. The molecule has 0 amide bonds. The van der Waals surface area contributed by atoms with E-state index in [1.165, 1.54) is 4.57 Å². The SMILES string of the molecule is CC(C)c1[nH]c(=O)n(-c2ccccc2Cl)c1O. The molecule has 1 heterocycles. The van der Waals surface area contributed by atoms with E-state index in [4.69, 9.17) is 11.6 Å². The minimum absolute atomic E-state index is 0.0337. The highest BCUT2D eigenvalue weighted by atomic mass is 35.5. The number of hydrogen-bond acceptors (Lipinski definition) is 2. The van der Waals surface area contributed by atoms with Gasteiger partial charge >= 0.3 is 5.69 Å². The van der Waals surface area contributed by atoms with Gasteiger partial charge in [0.05, 0.1) is 16.4 Å². The van der Waals surface area contributed by atoms with Crippen molar-refractivity contribution in [2.75, 3.05) is 0 Å². The number of benzene rings is 1. The van der Waals surface area contributed by atoms with Crippen molar-refractivity contribution in [3.63, 3.8) is 0 Å². The van der Waals surface area contributed by atoms with Crippen molar-refractivity contribution in [3.05, 3.63) is 45.5 Å². The zero-order valence-electron chi connectivity index (χ0n) is 9.57. The normalized spacial score (nSPS) is 11.1. The van der Waals surface area contributed by atoms with E-state index in [0.717, 1.165) is 0 Å². The first-order valence-corrected chi connectivity index (χ1v) is 5.69. The summed E-state index contributed by atoms with van der Waals surface area (Å²) in [6.45, 7) is 3.78. The van der Waals surface area contributed by atoms with Gasteiger partial charge in [0, 0.05) is 0 Å². The fourth-order valence-corrected chi connectivity index (χ4v) is 1.92. The third-order valence-electron chi connectivity index (χ3n) is 2.57. The minimum Gasteiger partial charge on any atom is -0.493 e. The molecule has 2 aromatic rings. The van der Waals surface area contributed by atoms with Gasteiger partial charge in [0.1, 0.15) is 0 Å². The average Bonchev–Trinajstić information content (AvgIpc) is 2.56. The van der Waals surface area contributed by atoms with E-state index in [0.29, 0.717) is 16.4 Å². The Bertz CT molecular complexity index is 599. The first kappa shape index (κ1) is 11.8. The minimum atomic E-state index is -0.390. The second-order valence-corrected chi connectivity index (χ2v) is 4.52. The molecule has 0 aliphatic rings. The maximum atomic E-state index is 11.8. The van der Waals surface area contributed by atoms with E-state index in [-0.39, 0.29) is 17.5 Å². The van der Waals surface area contributed by atoms with Crippen molar-refractivity contribution in [1.82, 2.24) is 9.55 Å². The standard InChI is InChI=1S/C12H13ClN2O2/c1-7(2)10-11(16)15(12(17)14-10)9-6-4-3-5-8(9)13/h3-7,16H,1-2H3,(H,14,17). The Labute approximate surface area is 103 Å². The maximum absolute atomic E-state index is 11.8. The molecule has 2 N–H and O–H groups in total. The topological polar surface area (TPSA) is 58.0 Å². The highest BCUT2D eigenvalue weighted by Crippen LogP contribution is 2.27. The molecule has 2 rings (SSSR count). The molecular formula is C12H13ClN2O2. The van der Waals surface area contributed by atoms with Gasteiger partial charge in [-0.15, -0.1) is 0 Å². The molecule has 0 radical (unpaired) electrons. The monoisotopic (exact) mass is 252 g/mol. The number of para-hydroxylation sites is 1. The lowest BCUT2D eigenvalue weighted by molar-refractivity contribution is 0.431. The van der Waals surface area contributed by atoms with E-state index in [2.05, 4.69) is 4.98 Å². The predicted octanol–water partition coefficient (Wildman–Crippen LogP) is 2.65. The zero-order valence-corrected chi connectivity index (χ0v) is 10.3. The van der Waals surface area contributed by atoms with Gasteiger partial charge in [0.2, 0.25) is 5.88 Å². The van der Waals surface area contributed by atoms with Gasteiger partial charge in [-0.1, -0.05) is 37.6 Å². The molecule has 90 valence electrons.